The van der Waals surface area contributed by atoms with Gasteiger partial charge >= 0.3 is 0 Å². The first-order chi connectivity index (χ1) is 18.9. The number of rotatable bonds is 15. The van der Waals surface area contributed by atoms with Crippen molar-refractivity contribution < 1.29 is 18.4 Å². The molecular formula is C31H46N4O4. The maximum Gasteiger partial charge on any atom is 0.253 e. The molecule has 3 N–H and O–H groups in total. The number of carbonyl (C=O) groups excluding carboxylic acids is 2. The first-order valence-electron chi connectivity index (χ1n) is 14.9. The lowest BCUT2D eigenvalue weighted by Crippen LogP contribution is -2.39. The predicted octanol–water partition coefficient (Wildman–Crippen LogP) is 6.68. The van der Waals surface area contributed by atoms with Crippen molar-refractivity contribution in [3.63, 3.8) is 0 Å². The number of carbonyl (C=O) groups is 2. The van der Waals surface area contributed by atoms with Gasteiger partial charge < -0.3 is 29.7 Å². The van der Waals surface area contributed by atoms with Gasteiger partial charge in [-0.1, -0.05) is 66.2 Å². The molecule has 2 aliphatic heterocycles. The number of likely N-dealkylation sites (tertiary alicyclic amines) is 1. The number of fused-ring (bicyclic) bond motifs is 1. The molecule has 214 valence electrons. The Kier molecular flexibility index (Phi) is 9.46. The molecule has 0 spiro atoms. The van der Waals surface area contributed by atoms with Gasteiger partial charge in [-0.3, -0.25) is 9.59 Å². The highest BCUT2D eigenvalue weighted by molar-refractivity contribution is 6.15. The second kappa shape index (κ2) is 12.8. The van der Waals surface area contributed by atoms with Crippen molar-refractivity contribution in [3.8, 4) is 0 Å². The Hall–Kier alpha value is -3.16. The van der Waals surface area contributed by atoms with Gasteiger partial charge in [0.1, 0.15) is 11.8 Å². The number of furan rings is 2. The maximum atomic E-state index is 14.4. The highest BCUT2D eigenvalue weighted by atomic mass is 16.4. The number of amides is 2. The van der Waals surface area contributed by atoms with Gasteiger partial charge in [0.25, 0.3) is 5.91 Å². The van der Waals surface area contributed by atoms with E-state index < -0.39 is 12.0 Å². The number of anilines is 2. The van der Waals surface area contributed by atoms with E-state index in [0.29, 0.717) is 53.6 Å². The first kappa shape index (κ1) is 28.8. The van der Waals surface area contributed by atoms with E-state index in [1.165, 1.54) is 0 Å². The first-order valence-corrected chi connectivity index (χ1v) is 14.9. The lowest BCUT2D eigenvalue weighted by atomic mass is 9.93. The van der Waals surface area contributed by atoms with Crippen LogP contribution in [0.2, 0.25) is 0 Å². The molecule has 2 aliphatic rings. The van der Waals surface area contributed by atoms with Crippen LogP contribution in [0.5, 0.6) is 0 Å². The number of nitrogens with zero attached hydrogens (tertiary/aromatic N) is 2. The molecule has 8 nitrogen and oxygen atoms in total. The molecule has 2 aromatic heterocycles. The number of hydrogen-bond acceptors (Lipinski definition) is 6. The molecule has 2 aromatic rings. The van der Waals surface area contributed by atoms with E-state index in [-0.39, 0.29) is 17.7 Å². The third-order valence-electron chi connectivity index (χ3n) is 8.52. The molecule has 4 atom stereocenters. The Morgan fingerprint density at radius 1 is 0.923 bits per heavy atom. The molecule has 2 amide bonds. The van der Waals surface area contributed by atoms with E-state index in [4.69, 9.17) is 14.6 Å². The minimum absolute atomic E-state index is 0.0604. The summed E-state index contributed by atoms with van der Waals surface area (Å²) in [6, 6.07) is 6.69. The zero-order valence-electron chi connectivity index (χ0n) is 24.3. The molecule has 1 saturated heterocycles. The molecule has 4 rings (SSSR count). The van der Waals surface area contributed by atoms with Crippen LogP contribution in [0.15, 0.2) is 38.7 Å². The lowest BCUT2D eigenvalue weighted by Gasteiger charge is -2.32. The molecule has 0 radical (unpaired) electrons. The van der Waals surface area contributed by atoms with E-state index in [2.05, 4.69) is 33.0 Å². The third kappa shape index (κ3) is 5.75. The van der Waals surface area contributed by atoms with Gasteiger partial charge in [-0.05, 0) is 36.8 Å². The van der Waals surface area contributed by atoms with Crippen LogP contribution in [0, 0.1) is 17.8 Å². The average molecular weight is 539 g/mol. The normalized spacial score (nSPS) is 20.7. The molecule has 8 heteroatoms. The van der Waals surface area contributed by atoms with Gasteiger partial charge in [0.05, 0.1) is 17.2 Å². The zero-order chi connectivity index (χ0) is 28.1. The summed E-state index contributed by atoms with van der Waals surface area (Å²) in [6.45, 7) is 9.85. The largest absolute Gasteiger partial charge is 0.444 e. The van der Waals surface area contributed by atoms with Gasteiger partial charge in [0, 0.05) is 32.3 Å². The maximum absolute atomic E-state index is 14.4. The van der Waals surface area contributed by atoms with Crippen LogP contribution in [0.3, 0.4) is 0 Å². The fourth-order valence-corrected chi connectivity index (χ4v) is 6.14. The minimum atomic E-state index is -0.659. The summed E-state index contributed by atoms with van der Waals surface area (Å²) in [4.78, 5) is 32.4. The number of nitrogens with one attached hydrogen (secondary N) is 1. The molecular weight excluding hydrogens is 492 g/mol. The van der Waals surface area contributed by atoms with Crippen molar-refractivity contribution in [2.75, 3.05) is 31.2 Å². The second-order valence-corrected chi connectivity index (χ2v) is 11.1. The fraction of sp³-hybridized carbons (Fsp3) is 0.613. The number of nitrogens with two attached hydrogens (primary N) is 1. The number of nitrogen functional groups attached to an aromatic ring is 1. The monoisotopic (exact) mass is 538 g/mol. The summed E-state index contributed by atoms with van der Waals surface area (Å²) < 4.78 is 12.0. The Morgan fingerprint density at radius 3 is 2.13 bits per heavy atom. The summed E-state index contributed by atoms with van der Waals surface area (Å²) >= 11 is 0. The van der Waals surface area contributed by atoms with Crippen LogP contribution in [0.25, 0.3) is 5.70 Å². The van der Waals surface area contributed by atoms with Gasteiger partial charge in [-0.15, -0.1) is 0 Å². The van der Waals surface area contributed by atoms with Crippen molar-refractivity contribution in [2.24, 2.45) is 17.8 Å². The van der Waals surface area contributed by atoms with Crippen molar-refractivity contribution in [3.05, 3.63) is 41.4 Å². The molecule has 0 bridgehead atoms. The standard InChI is InChI=1S/C31H46N4O4/c1-6-10-12-20(8-3)18-34-28(22-14-16-24(32)38-22)26-27(31(34)37)29(23-15-17-25(33-5)39-23)35(30(26)36)19-21(9-4)13-11-7-2/h14-17,20-21,26,28,33H,6-13,18-19,32H2,1-5H3. The molecule has 4 unspecified atom stereocenters. The van der Waals surface area contributed by atoms with Crippen LogP contribution in [-0.4, -0.2) is 41.8 Å². The predicted molar refractivity (Wildman–Crippen MR) is 155 cm³/mol. The Labute approximate surface area is 233 Å². The summed E-state index contributed by atoms with van der Waals surface area (Å²) in [5.74, 6) is 1.84. The molecule has 0 aliphatic carbocycles. The molecule has 4 heterocycles. The van der Waals surface area contributed by atoms with Crippen LogP contribution in [-0.2, 0) is 9.59 Å². The third-order valence-corrected chi connectivity index (χ3v) is 8.52. The Balaban J connectivity index is 1.82. The van der Waals surface area contributed by atoms with E-state index in [1.54, 1.807) is 13.1 Å². The van der Waals surface area contributed by atoms with Crippen molar-refractivity contribution in [1.29, 1.82) is 0 Å². The SMILES string of the molecule is CCCCC(CC)CN1C(=O)C2C(=C1c1ccc(NC)o1)C(=O)N(CC(CC)CCCC)C2c1ccc(N)o1. The molecule has 1 fully saturated rings. The topological polar surface area (TPSA) is 105 Å². The lowest BCUT2D eigenvalue weighted by molar-refractivity contribution is -0.132. The van der Waals surface area contributed by atoms with Crippen molar-refractivity contribution >= 4 is 29.3 Å². The van der Waals surface area contributed by atoms with Crippen molar-refractivity contribution in [1.82, 2.24) is 9.80 Å². The summed E-state index contributed by atoms with van der Waals surface area (Å²) in [5, 5.41) is 3.03. The summed E-state index contributed by atoms with van der Waals surface area (Å²) in [7, 11) is 1.79. The zero-order valence-corrected chi connectivity index (χ0v) is 24.3. The Bertz CT molecular complexity index is 1170. The minimum Gasteiger partial charge on any atom is -0.444 e. The van der Waals surface area contributed by atoms with Gasteiger partial charge in [-0.2, -0.15) is 0 Å². The van der Waals surface area contributed by atoms with Gasteiger partial charge in [0.2, 0.25) is 5.91 Å². The molecule has 0 aromatic carbocycles. The van der Waals surface area contributed by atoms with Crippen molar-refractivity contribution in [2.45, 2.75) is 85.1 Å². The fourth-order valence-electron chi connectivity index (χ4n) is 6.14. The Morgan fingerprint density at radius 2 is 1.59 bits per heavy atom. The molecule has 39 heavy (non-hydrogen) atoms. The quantitative estimate of drug-likeness (QED) is 0.262. The number of hydrogen-bond donors (Lipinski definition) is 2. The van der Waals surface area contributed by atoms with Gasteiger partial charge in [0.15, 0.2) is 17.5 Å². The smallest absolute Gasteiger partial charge is 0.253 e. The number of unbranched alkanes of at least 4 members (excludes halogenated alkanes) is 2. The van der Waals surface area contributed by atoms with E-state index >= 15 is 0 Å². The van der Waals surface area contributed by atoms with Crippen LogP contribution >= 0.6 is 0 Å². The molecule has 0 saturated carbocycles. The average Bonchev–Trinajstić information content (AvgIpc) is 3.70. The van der Waals surface area contributed by atoms with E-state index in [9.17, 15) is 9.59 Å². The van der Waals surface area contributed by atoms with E-state index in [1.807, 2.05) is 28.0 Å². The summed E-state index contributed by atoms with van der Waals surface area (Å²) in [6.07, 6.45) is 8.44. The summed E-state index contributed by atoms with van der Waals surface area (Å²) in [5.41, 5.74) is 7.12. The highest BCUT2D eigenvalue weighted by Crippen LogP contribution is 2.52. The van der Waals surface area contributed by atoms with Crippen LogP contribution < -0.4 is 11.1 Å². The van der Waals surface area contributed by atoms with Gasteiger partial charge in [-0.25, -0.2) is 0 Å². The highest BCUT2D eigenvalue weighted by Gasteiger charge is 2.58. The van der Waals surface area contributed by atoms with E-state index in [0.717, 1.165) is 51.4 Å². The van der Waals surface area contributed by atoms with Crippen LogP contribution in [0.1, 0.15) is 96.6 Å². The van der Waals surface area contributed by atoms with Crippen LogP contribution in [0.4, 0.5) is 11.8 Å². The second-order valence-electron chi connectivity index (χ2n) is 11.1.